The molecule has 0 spiro atoms. The average molecular weight is 456 g/mol. The number of thioether (sulfide) groups is 1. The zero-order valence-electron chi connectivity index (χ0n) is 16.9. The molecule has 1 aliphatic heterocycles. The number of nitrogens with zero attached hydrogens (tertiary/aromatic N) is 2. The minimum absolute atomic E-state index is 0.104. The fourth-order valence-electron chi connectivity index (χ4n) is 4.26. The van der Waals surface area contributed by atoms with E-state index in [1.807, 2.05) is 35.4 Å². The van der Waals surface area contributed by atoms with Gasteiger partial charge in [0.2, 0.25) is 0 Å². The van der Waals surface area contributed by atoms with Crippen LogP contribution in [-0.2, 0) is 4.79 Å². The van der Waals surface area contributed by atoms with E-state index in [4.69, 9.17) is 17.3 Å². The van der Waals surface area contributed by atoms with Crippen molar-refractivity contribution < 1.29 is 4.79 Å². The third kappa shape index (κ3) is 3.35. The largest absolute Gasteiger partial charge is 0.384 e. The number of benzene rings is 1. The van der Waals surface area contributed by atoms with Crippen molar-refractivity contribution in [3.05, 3.63) is 67.8 Å². The molecule has 4 rings (SSSR count). The second-order valence-corrected chi connectivity index (χ2v) is 9.94. The molecule has 0 unspecified atom stereocenters. The van der Waals surface area contributed by atoms with Gasteiger partial charge in [-0.1, -0.05) is 24.6 Å². The Morgan fingerprint density at radius 1 is 1.37 bits per heavy atom. The molecule has 0 radical (unpaired) electrons. The summed E-state index contributed by atoms with van der Waals surface area (Å²) in [5, 5.41) is 12.8. The fraction of sp³-hybridized carbons (Fsp3) is 0.304. The zero-order valence-corrected chi connectivity index (χ0v) is 19.3. The molecule has 0 bridgehead atoms. The summed E-state index contributed by atoms with van der Waals surface area (Å²) in [7, 11) is 0. The highest BCUT2D eigenvalue weighted by molar-refractivity contribution is 7.99. The second kappa shape index (κ2) is 8.50. The van der Waals surface area contributed by atoms with Crippen LogP contribution in [0.1, 0.15) is 42.5 Å². The summed E-state index contributed by atoms with van der Waals surface area (Å²) in [4.78, 5) is 17.3. The van der Waals surface area contributed by atoms with Gasteiger partial charge in [0.05, 0.1) is 23.2 Å². The summed E-state index contributed by atoms with van der Waals surface area (Å²) >= 11 is 9.71. The van der Waals surface area contributed by atoms with E-state index in [0.717, 1.165) is 45.3 Å². The maximum Gasteiger partial charge on any atom is 0.161 e. The molecule has 4 nitrogen and oxygen atoms in total. The van der Waals surface area contributed by atoms with Gasteiger partial charge in [0, 0.05) is 32.5 Å². The lowest BCUT2D eigenvalue weighted by Crippen LogP contribution is -2.39. The van der Waals surface area contributed by atoms with Crippen LogP contribution >= 0.6 is 34.7 Å². The zero-order chi connectivity index (χ0) is 21.4. The summed E-state index contributed by atoms with van der Waals surface area (Å²) in [5.41, 5.74) is 10.4. The van der Waals surface area contributed by atoms with Crippen molar-refractivity contribution in [3.8, 4) is 6.07 Å². The normalized spacial score (nSPS) is 19.2. The molecule has 0 fully saturated rings. The van der Waals surface area contributed by atoms with E-state index in [1.165, 1.54) is 0 Å². The first-order valence-corrected chi connectivity index (χ1v) is 12.1. The number of carbonyl (C=O) groups is 1. The van der Waals surface area contributed by atoms with Crippen molar-refractivity contribution in [3.63, 3.8) is 0 Å². The van der Waals surface area contributed by atoms with E-state index in [9.17, 15) is 10.1 Å². The Kier molecular flexibility index (Phi) is 5.97. The lowest BCUT2D eigenvalue weighted by Gasteiger charge is -2.40. The maximum atomic E-state index is 13.2. The van der Waals surface area contributed by atoms with Gasteiger partial charge >= 0.3 is 0 Å². The summed E-state index contributed by atoms with van der Waals surface area (Å²) in [6.45, 7) is 4.03. The minimum atomic E-state index is -0.400. The molecule has 1 aromatic heterocycles. The van der Waals surface area contributed by atoms with Crippen LogP contribution in [0.5, 0.6) is 0 Å². The number of hydrogen-bond acceptors (Lipinski definition) is 6. The molecule has 0 amide bonds. The fourth-order valence-corrected chi connectivity index (χ4v) is 6.48. The van der Waals surface area contributed by atoms with Gasteiger partial charge in [0.15, 0.2) is 5.78 Å². The summed E-state index contributed by atoms with van der Waals surface area (Å²) < 4.78 is 0. The lowest BCUT2D eigenvalue weighted by molar-refractivity contribution is -0.116. The molecule has 7 heteroatoms. The number of rotatable bonds is 4. The monoisotopic (exact) mass is 455 g/mol. The Balaban J connectivity index is 1.99. The number of allylic oxidation sites excluding steroid dienone is 3. The molecule has 154 valence electrons. The van der Waals surface area contributed by atoms with Gasteiger partial charge in [0.25, 0.3) is 0 Å². The summed E-state index contributed by atoms with van der Waals surface area (Å²) in [6, 6.07) is 10.1. The topological polar surface area (TPSA) is 70.1 Å². The van der Waals surface area contributed by atoms with Crippen LogP contribution in [0.15, 0.2) is 57.2 Å². The Bertz CT molecular complexity index is 1130. The Hall–Kier alpha value is -2.20. The standard InChI is InChI=1S/C23H22ClN3OS2/c1-3-29-19-10-11-30-22(19)20-14(12-25)23(26)27(16-7-4-6-15(24)13(16)2)17-8-5-9-18(28)21(17)20/h4,6-7,10-11,20H,3,5,8-9,26H2,1-2H3/t20-/m1/s1. The highest BCUT2D eigenvalue weighted by atomic mass is 35.5. The van der Waals surface area contributed by atoms with E-state index in [1.54, 1.807) is 23.1 Å². The lowest BCUT2D eigenvalue weighted by atomic mass is 9.78. The first-order valence-electron chi connectivity index (χ1n) is 9.91. The van der Waals surface area contributed by atoms with Crippen molar-refractivity contribution in [1.82, 2.24) is 0 Å². The summed E-state index contributed by atoms with van der Waals surface area (Å²) in [5.74, 6) is 1.02. The number of halogens is 1. The van der Waals surface area contributed by atoms with Crippen molar-refractivity contribution in [2.75, 3.05) is 10.7 Å². The molecular formula is C23H22ClN3OS2. The first kappa shape index (κ1) is 21.0. The van der Waals surface area contributed by atoms with Crippen molar-refractivity contribution in [1.29, 1.82) is 5.26 Å². The van der Waals surface area contributed by atoms with Gasteiger partial charge in [-0.25, -0.2) is 0 Å². The van der Waals surface area contributed by atoms with Crippen LogP contribution in [0.2, 0.25) is 5.02 Å². The highest BCUT2D eigenvalue weighted by Gasteiger charge is 2.41. The highest BCUT2D eigenvalue weighted by Crippen LogP contribution is 2.50. The second-order valence-electron chi connectivity index (χ2n) is 7.28. The predicted octanol–water partition coefficient (Wildman–Crippen LogP) is 6.13. The third-order valence-corrected chi connectivity index (χ3v) is 8.09. The van der Waals surface area contributed by atoms with Crippen LogP contribution in [0.25, 0.3) is 0 Å². The molecule has 2 aromatic rings. The van der Waals surface area contributed by atoms with Crippen molar-refractivity contribution in [2.45, 2.75) is 43.9 Å². The van der Waals surface area contributed by atoms with E-state index in [0.29, 0.717) is 28.4 Å². The van der Waals surface area contributed by atoms with Gasteiger partial charge in [-0.2, -0.15) is 5.26 Å². The quantitative estimate of drug-likeness (QED) is 0.561. The smallest absolute Gasteiger partial charge is 0.161 e. The van der Waals surface area contributed by atoms with Crippen LogP contribution in [0.4, 0.5) is 5.69 Å². The van der Waals surface area contributed by atoms with Gasteiger partial charge in [0.1, 0.15) is 5.82 Å². The van der Waals surface area contributed by atoms with Gasteiger partial charge in [-0.15, -0.1) is 23.1 Å². The first-order chi connectivity index (χ1) is 14.5. The van der Waals surface area contributed by atoms with E-state index < -0.39 is 5.92 Å². The Morgan fingerprint density at radius 3 is 2.90 bits per heavy atom. The molecule has 2 N–H and O–H groups in total. The number of hydrogen-bond donors (Lipinski definition) is 1. The number of nitriles is 1. The molecule has 1 atom stereocenters. The van der Waals surface area contributed by atoms with Gasteiger partial charge in [-0.3, -0.25) is 9.69 Å². The SMILES string of the molecule is CCSc1ccsc1[C@@H]1C(C#N)=C(N)N(c2cccc(Cl)c2C)C2=C1C(=O)CCC2. The van der Waals surface area contributed by atoms with Crippen molar-refractivity contribution >= 4 is 46.2 Å². The molecule has 2 aliphatic rings. The molecule has 1 aliphatic carbocycles. The number of ketones is 1. The molecule has 1 aromatic carbocycles. The van der Waals surface area contributed by atoms with Crippen LogP contribution in [0, 0.1) is 18.3 Å². The third-order valence-electron chi connectivity index (χ3n) is 5.61. The summed E-state index contributed by atoms with van der Waals surface area (Å²) in [6.07, 6.45) is 2.01. The van der Waals surface area contributed by atoms with Gasteiger partial charge < -0.3 is 5.73 Å². The number of carbonyl (C=O) groups excluding carboxylic acids is 1. The number of Topliss-reactive ketones (excluding diaryl/α,β-unsaturated/α-hetero) is 1. The predicted molar refractivity (Wildman–Crippen MR) is 125 cm³/mol. The van der Waals surface area contributed by atoms with E-state index >= 15 is 0 Å². The average Bonchev–Trinajstić information content (AvgIpc) is 3.18. The minimum Gasteiger partial charge on any atom is -0.384 e. The van der Waals surface area contributed by atoms with Gasteiger partial charge in [-0.05, 0) is 54.7 Å². The molecule has 2 heterocycles. The number of thiophene rings is 1. The maximum absolute atomic E-state index is 13.2. The van der Waals surface area contributed by atoms with E-state index in [2.05, 4.69) is 19.1 Å². The van der Waals surface area contributed by atoms with Crippen LogP contribution in [-0.4, -0.2) is 11.5 Å². The van der Waals surface area contributed by atoms with Crippen molar-refractivity contribution in [2.24, 2.45) is 5.73 Å². The molecule has 0 saturated heterocycles. The molecule has 0 saturated carbocycles. The Labute approximate surface area is 190 Å². The number of nitrogens with two attached hydrogens (primary N) is 1. The van der Waals surface area contributed by atoms with Crippen LogP contribution in [0.3, 0.4) is 0 Å². The van der Waals surface area contributed by atoms with Crippen LogP contribution < -0.4 is 10.6 Å². The van der Waals surface area contributed by atoms with E-state index in [-0.39, 0.29) is 5.78 Å². The Morgan fingerprint density at radius 2 is 2.17 bits per heavy atom. The number of anilines is 1. The molecule has 30 heavy (non-hydrogen) atoms. The molecular weight excluding hydrogens is 434 g/mol.